The standard InChI is InChI=1S/C18H21FN2O2S/c1-13-5-10-24-17(13)18(22)20-12-16(21-6-8-23-9-7-21)14-3-2-4-15(19)11-14/h2-5,10-11,16H,6-9,12H2,1H3,(H,20,22)/t16-/m1/s1. The van der Waals surface area contributed by atoms with Crippen molar-refractivity contribution < 1.29 is 13.9 Å². The topological polar surface area (TPSA) is 41.6 Å². The predicted molar refractivity (Wildman–Crippen MR) is 92.9 cm³/mol. The lowest BCUT2D eigenvalue weighted by Crippen LogP contribution is -2.43. The molecule has 1 fully saturated rings. The molecule has 1 aromatic carbocycles. The van der Waals surface area contributed by atoms with Crippen molar-refractivity contribution in [1.29, 1.82) is 0 Å². The minimum Gasteiger partial charge on any atom is -0.379 e. The molecule has 1 aromatic heterocycles. The fourth-order valence-corrected chi connectivity index (χ4v) is 3.78. The molecule has 2 aromatic rings. The Balaban J connectivity index is 1.74. The average Bonchev–Trinajstić information content (AvgIpc) is 3.02. The summed E-state index contributed by atoms with van der Waals surface area (Å²) in [6.07, 6.45) is 0. The lowest BCUT2D eigenvalue weighted by molar-refractivity contribution is 0.0162. The first-order chi connectivity index (χ1) is 11.6. The SMILES string of the molecule is Cc1ccsc1C(=O)NC[C@H](c1cccc(F)c1)N1CCOCC1. The minimum absolute atomic E-state index is 0.0613. The highest BCUT2D eigenvalue weighted by Gasteiger charge is 2.24. The zero-order valence-electron chi connectivity index (χ0n) is 13.6. The normalized spacial score (nSPS) is 16.8. The lowest BCUT2D eigenvalue weighted by Gasteiger charge is -2.35. The van der Waals surface area contributed by atoms with Crippen molar-refractivity contribution in [2.45, 2.75) is 13.0 Å². The van der Waals surface area contributed by atoms with E-state index in [9.17, 15) is 9.18 Å². The Morgan fingerprint density at radius 2 is 2.17 bits per heavy atom. The highest BCUT2D eigenvalue weighted by atomic mass is 32.1. The van der Waals surface area contributed by atoms with E-state index in [-0.39, 0.29) is 17.8 Å². The Morgan fingerprint density at radius 3 is 2.83 bits per heavy atom. The van der Waals surface area contributed by atoms with Gasteiger partial charge in [0.25, 0.3) is 5.91 Å². The lowest BCUT2D eigenvalue weighted by atomic mass is 10.0. The first-order valence-corrected chi connectivity index (χ1v) is 8.92. The molecule has 0 spiro atoms. The molecule has 2 heterocycles. The Hall–Kier alpha value is -1.76. The third kappa shape index (κ3) is 4.01. The van der Waals surface area contributed by atoms with E-state index >= 15 is 0 Å². The minimum atomic E-state index is -0.258. The zero-order valence-corrected chi connectivity index (χ0v) is 14.4. The zero-order chi connectivity index (χ0) is 16.9. The van der Waals surface area contributed by atoms with Crippen LogP contribution in [0.1, 0.15) is 26.8 Å². The van der Waals surface area contributed by atoms with Gasteiger partial charge in [0.2, 0.25) is 0 Å². The number of hydrogen-bond acceptors (Lipinski definition) is 4. The number of nitrogens with one attached hydrogen (secondary N) is 1. The van der Waals surface area contributed by atoms with E-state index in [4.69, 9.17) is 4.74 Å². The summed E-state index contributed by atoms with van der Waals surface area (Å²) in [7, 11) is 0. The smallest absolute Gasteiger partial charge is 0.261 e. The van der Waals surface area contributed by atoms with Crippen LogP contribution >= 0.6 is 11.3 Å². The summed E-state index contributed by atoms with van der Waals surface area (Å²) in [6, 6.07) is 8.48. The molecule has 1 N–H and O–H groups in total. The number of rotatable bonds is 5. The number of halogens is 1. The molecular weight excluding hydrogens is 327 g/mol. The van der Waals surface area contributed by atoms with E-state index < -0.39 is 0 Å². The molecule has 4 nitrogen and oxygen atoms in total. The highest BCUT2D eigenvalue weighted by Crippen LogP contribution is 2.23. The van der Waals surface area contributed by atoms with E-state index in [2.05, 4.69) is 10.2 Å². The summed E-state index contributed by atoms with van der Waals surface area (Å²) in [6.45, 7) is 5.23. The fourth-order valence-electron chi connectivity index (χ4n) is 2.94. The van der Waals surface area contributed by atoms with Gasteiger partial charge in [-0.05, 0) is 41.6 Å². The number of carbonyl (C=O) groups is 1. The third-order valence-electron chi connectivity index (χ3n) is 4.24. The molecule has 1 atom stereocenters. The van der Waals surface area contributed by atoms with E-state index in [1.54, 1.807) is 12.1 Å². The number of amides is 1. The number of thiophene rings is 1. The van der Waals surface area contributed by atoms with E-state index in [1.165, 1.54) is 17.4 Å². The van der Waals surface area contributed by atoms with Crippen molar-refractivity contribution in [2.75, 3.05) is 32.8 Å². The number of aryl methyl sites for hydroxylation is 1. The van der Waals surface area contributed by atoms with Crippen molar-refractivity contribution in [3.05, 3.63) is 57.5 Å². The van der Waals surface area contributed by atoms with Gasteiger partial charge in [0.05, 0.1) is 24.1 Å². The third-order valence-corrected chi connectivity index (χ3v) is 5.26. The van der Waals surface area contributed by atoms with Gasteiger partial charge in [0.1, 0.15) is 5.82 Å². The number of benzene rings is 1. The molecule has 6 heteroatoms. The van der Waals surface area contributed by atoms with Crippen LogP contribution in [-0.2, 0) is 4.74 Å². The van der Waals surface area contributed by atoms with Gasteiger partial charge in [-0.3, -0.25) is 9.69 Å². The number of nitrogens with zero attached hydrogens (tertiary/aromatic N) is 1. The van der Waals surface area contributed by atoms with Gasteiger partial charge >= 0.3 is 0 Å². The predicted octanol–water partition coefficient (Wildman–Crippen LogP) is 3.00. The molecule has 1 saturated heterocycles. The Bertz CT molecular complexity index is 698. The van der Waals surface area contributed by atoms with Gasteiger partial charge in [-0.25, -0.2) is 4.39 Å². The molecule has 0 aliphatic carbocycles. The van der Waals surface area contributed by atoms with E-state index in [0.29, 0.717) is 19.8 Å². The van der Waals surface area contributed by atoms with Crippen molar-refractivity contribution in [3.8, 4) is 0 Å². The molecule has 0 radical (unpaired) electrons. The van der Waals surface area contributed by atoms with Crippen LogP contribution in [-0.4, -0.2) is 43.7 Å². The summed E-state index contributed by atoms with van der Waals surface area (Å²) in [5, 5.41) is 4.92. The Morgan fingerprint density at radius 1 is 1.38 bits per heavy atom. The van der Waals surface area contributed by atoms with Crippen LogP contribution < -0.4 is 5.32 Å². The molecule has 0 saturated carbocycles. The largest absolute Gasteiger partial charge is 0.379 e. The Kier molecular flexibility index (Phi) is 5.60. The maximum atomic E-state index is 13.6. The van der Waals surface area contributed by atoms with Gasteiger partial charge in [0.15, 0.2) is 0 Å². The maximum absolute atomic E-state index is 13.6. The number of carbonyl (C=O) groups excluding carboxylic acids is 1. The van der Waals surface area contributed by atoms with Gasteiger partial charge < -0.3 is 10.1 Å². The molecule has 1 amide bonds. The molecule has 24 heavy (non-hydrogen) atoms. The van der Waals surface area contributed by atoms with Gasteiger partial charge in [-0.15, -0.1) is 11.3 Å². The van der Waals surface area contributed by atoms with Crippen molar-refractivity contribution in [2.24, 2.45) is 0 Å². The second-order valence-electron chi connectivity index (χ2n) is 5.86. The summed E-state index contributed by atoms with van der Waals surface area (Å²) >= 11 is 1.44. The average molecular weight is 348 g/mol. The van der Waals surface area contributed by atoms with E-state index in [0.717, 1.165) is 29.1 Å². The monoisotopic (exact) mass is 348 g/mol. The Labute approximate surface area is 145 Å². The van der Waals surface area contributed by atoms with Gasteiger partial charge in [-0.1, -0.05) is 12.1 Å². The maximum Gasteiger partial charge on any atom is 0.261 e. The number of hydrogen-bond donors (Lipinski definition) is 1. The number of morpholine rings is 1. The van der Waals surface area contributed by atoms with Crippen LogP contribution in [0.15, 0.2) is 35.7 Å². The highest BCUT2D eigenvalue weighted by molar-refractivity contribution is 7.12. The van der Waals surface area contributed by atoms with Crippen LogP contribution in [0.3, 0.4) is 0 Å². The molecule has 3 rings (SSSR count). The van der Waals surface area contributed by atoms with Crippen LogP contribution in [0.25, 0.3) is 0 Å². The molecule has 128 valence electrons. The summed E-state index contributed by atoms with van der Waals surface area (Å²) in [5.41, 5.74) is 1.85. The second-order valence-corrected chi connectivity index (χ2v) is 6.78. The van der Waals surface area contributed by atoms with Crippen LogP contribution in [0, 0.1) is 12.7 Å². The van der Waals surface area contributed by atoms with Gasteiger partial charge in [0, 0.05) is 19.6 Å². The summed E-state index contributed by atoms with van der Waals surface area (Å²) in [4.78, 5) is 15.4. The van der Waals surface area contributed by atoms with Crippen LogP contribution in [0.2, 0.25) is 0 Å². The van der Waals surface area contributed by atoms with E-state index in [1.807, 2.05) is 24.4 Å². The molecule has 1 aliphatic heterocycles. The summed E-state index contributed by atoms with van der Waals surface area (Å²) < 4.78 is 19.0. The molecule has 0 unspecified atom stereocenters. The van der Waals surface area contributed by atoms with Crippen molar-refractivity contribution in [3.63, 3.8) is 0 Å². The summed E-state index contributed by atoms with van der Waals surface area (Å²) in [5.74, 6) is -0.330. The van der Waals surface area contributed by atoms with Crippen molar-refractivity contribution in [1.82, 2.24) is 10.2 Å². The van der Waals surface area contributed by atoms with Crippen LogP contribution in [0.4, 0.5) is 4.39 Å². The molecule has 0 bridgehead atoms. The van der Waals surface area contributed by atoms with Crippen molar-refractivity contribution >= 4 is 17.2 Å². The fraction of sp³-hybridized carbons (Fsp3) is 0.389. The van der Waals surface area contributed by atoms with Gasteiger partial charge in [-0.2, -0.15) is 0 Å². The first-order valence-electron chi connectivity index (χ1n) is 8.04. The molecule has 1 aliphatic rings. The first kappa shape index (κ1) is 17.1. The quantitative estimate of drug-likeness (QED) is 0.903. The van der Waals surface area contributed by atoms with Crippen LogP contribution in [0.5, 0.6) is 0 Å². The number of ether oxygens (including phenoxy) is 1. The second kappa shape index (κ2) is 7.88. The molecular formula is C18H21FN2O2S.